The van der Waals surface area contributed by atoms with Crippen molar-refractivity contribution in [2.24, 2.45) is 0 Å². The minimum Gasteiger partial charge on any atom is -0.497 e. The standard InChI is InChI=1S/C16H27NO2/c1-14(2)19-13-5-4-11-17-12-10-15-6-8-16(18-3)9-7-15/h6-9,14,17H,4-5,10-13H2,1-3H3. The van der Waals surface area contributed by atoms with Crippen LogP contribution in [0.25, 0.3) is 0 Å². The van der Waals surface area contributed by atoms with Gasteiger partial charge in [0.25, 0.3) is 0 Å². The van der Waals surface area contributed by atoms with Gasteiger partial charge in [-0.25, -0.2) is 0 Å². The van der Waals surface area contributed by atoms with Crippen molar-refractivity contribution in [3.63, 3.8) is 0 Å². The van der Waals surface area contributed by atoms with Gasteiger partial charge in [-0.15, -0.1) is 0 Å². The van der Waals surface area contributed by atoms with Crippen LogP contribution in [0.3, 0.4) is 0 Å². The largest absolute Gasteiger partial charge is 0.497 e. The zero-order chi connectivity index (χ0) is 13.9. The Labute approximate surface area is 117 Å². The van der Waals surface area contributed by atoms with Crippen LogP contribution in [0.2, 0.25) is 0 Å². The highest BCUT2D eigenvalue weighted by atomic mass is 16.5. The van der Waals surface area contributed by atoms with Crippen LogP contribution in [0.4, 0.5) is 0 Å². The predicted molar refractivity (Wildman–Crippen MR) is 79.9 cm³/mol. The van der Waals surface area contributed by atoms with E-state index in [2.05, 4.69) is 31.3 Å². The fourth-order valence-electron chi connectivity index (χ4n) is 1.82. The fraction of sp³-hybridized carbons (Fsp3) is 0.625. The molecular weight excluding hydrogens is 238 g/mol. The normalized spacial score (nSPS) is 10.9. The Morgan fingerprint density at radius 1 is 1.05 bits per heavy atom. The highest BCUT2D eigenvalue weighted by Crippen LogP contribution is 2.11. The quantitative estimate of drug-likeness (QED) is 0.660. The van der Waals surface area contributed by atoms with E-state index < -0.39 is 0 Å². The van der Waals surface area contributed by atoms with Crippen LogP contribution in [0.15, 0.2) is 24.3 Å². The summed E-state index contributed by atoms with van der Waals surface area (Å²) in [5, 5.41) is 3.46. The van der Waals surface area contributed by atoms with Gasteiger partial charge in [0.15, 0.2) is 0 Å². The summed E-state index contributed by atoms with van der Waals surface area (Å²) in [4.78, 5) is 0. The van der Waals surface area contributed by atoms with E-state index in [0.717, 1.165) is 38.3 Å². The van der Waals surface area contributed by atoms with Gasteiger partial charge in [0, 0.05) is 6.61 Å². The fourth-order valence-corrected chi connectivity index (χ4v) is 1.82. The van der Waals surface area contributed by atoms with Crippen molar-refractivity contribution in [2.45, 2.75) is 39.2 Å². The second-order valence-corrected chi connectivity index (χ2v) is 4.97. The number of benzene rings is 1. The Bertz CT molecular complexity index is 322. The van der Waals surface area contributed by atoms with Crippen LogP contribution in [0.5, 0.6) is 5.75 Å². The van der Waals surface area contributed by atoms with E-state index in [1.807, 2.05) is 12.1 Å². The number of hydrogen-bond acceptors (Lipinski definition) is 3. The SMILES string of the molecule is COc1ccc(CCNCCCCOC(C)C)cc1. The van der Waals surface area contributed by atoms with Gasteiger partial charge in [-0.05, 0) is 63.9 Å². The molecule has 0 saturated heterocycles. The second-order valence-electron chi connectivity index (χ2n) is 4.97. The zero-order valence-corrected chi connectivity index (χ0v) is 12.4. The van der Waals surface area contributed by atoms with E-state index in [9.17, 15) is 0 Å². The summed E-state index contributed by atoms with van der Waals surface area (Å²) in [5.41, 5.74) is 1.34. The molecule has 0 aliphatic rings. The number of rotatable bonds is 10. The lowest BCUT2D eigenvalue weighted by Crippen LogP contribution is -2.19. The van der Waals surface area contributed by atoms with Gasteiger partial charge in [0.05, 0.1) is 13.2 Å². The summed E-state index contributed by atoms with van der Waals surface area (Å²) in [5.74, 6) is 0.918. The van der Waals surface area contributed by atoms with E-state index in [1.165, 1.54) is 12.0 Å². The summed E-state index contributed by atoms with van der Waals surface area (Å²) in [6.07, 6.45) is 3.72. The molecule has 0 bridgehead atoms. The molecular formula is C16H27NO2. The molecule has 0 saturated carbocycles. The van der Waals surface area contributed by atoms with Crippen LogP contribution >= 0.6 is 0 Å². The minimum absolute atomic E-state index is 0.350. The zero-order valence-electron chi connectivity index (χ0n) is 12.4. The lowest BCUT2D eigenvalue weighted by atomic mass is 10.1. The number of hydrogen-bond donors (Lipinski definition) is 1. The molecule has 0 fully saturated rings. The summed E-state index contributed by atoms with van der Waals surface area (Å²) >= 11 is 0. The van der Waals surface area contributed by atoms with Crippen molar-refractivity contribution >= 4 is 0 Å². The number of unbranched alkanes of at least 4 members (excludes halogenated alkanes) is 1. The highest BCUT2D eigenvalue weighted by molar-refractivity contribution is 5.27. The Kier molecular flexibility index (Phi) is 8.26. The molecule has 1 aromatic carbocycles. The van der Waals surface area contributed by atoms with Crippen molar-refractivity contribution in [3.8, 4) is 5.75 Å². The molecule has 0 atom stereocenters. The van der Waals surface area contributed by atoms with Gasteiger partial charge in [-0.1, -0.05) is 12.1 Å². The van der Waals surface area contributed by atoms with Gasteiger partial charge in [-0.2, -0.15) is 0 Å². The molecule has 1 N–H and O–H groups in total. The molecule has 0 aliphatic heterocycles. The molecule has 0 aromatic heterocycles. The average Bonchev–Trinajstić information content (AvgIpc) is 2.42. The Hall–Kier alpha value is -1.06. The van der Waals surface area contributed by atoms with Crippen molar-refractivity contribution in [3.05, 3.63) is 29.8 Å². The molecule has 0 unspecified atom stereocenters. The third-order valence-electron chi connectivity index (χ3n) is 2.95. The average molecular weight is 265 g/mol. The summed E-state index contributed by atoms with van der Waals surface area (Å²) in [7, 11) is 1.69. The first-order valence-corrected chi connectivity index (χ1v) is 7.17. The highest BCUT2D eigenvalue weighted by Gasteiger charge is 1.96. The lowest BCUT2D eigenvalue weighted by Gasteiger charge is -2.08. The Morgan fingerprint density at radius 3 is 2.42 bits per heavy atom. The maximum Gasteiger partial charge on any atom is 0.118 e. The monoisotopic (exact) mass is 265 g/mol. The lowest BCUT2D eigenvalue weighted by molar-refractivity contribution is 0.0760. The topological polar surface area (TPSA) is 30.5 Å². The second kappa shape index (κ2) is 9.82. The molecule has 0 aliphatic carbocycles. The number of methoxy groups -OCH3 is 1. The van der Waals surface area contributed by atoms with Crippen LogP contribution in [0, 0.1) is 0 Å². The molecule has 1 rings (SSSR count). The maximum atomic E-state index is 5.50. The Morgan fingerprint density at radius 2 is 1.79 bits per heavy atom. The molecule has 3 heteroatoms. The molecule has 19 heavy (non-hydrogen) atoms. The van der Waals surface area contributed by atoms with E-state index in [-0.39, 0.29) is 0 Å². The first-order valence-electron chi connectivity index (χ1n) is 7.17. The van der Waals surface area contributed by atoms with Crippen molar-refractivity contribution in [2.75, 3.05) is 26.8 Å². The van der Waals surface area contributed by atoms with Crippen LogP contribution in [0.1, 0.15) is 32.3 Å². The van der Waals surface area contributed by atoms with Gasteiger partial charge in [0.2, 0.25) is 0 Å². The van der Waals surface area contributed by atoms with Crippen LogP contribution in [-0.4, -0.2) is 32.9 Å². The van der Waals surface area contributed by atoms with Gasteiger partial charge in [-0.3, -0.25) is 0 Å². The molecule has 0 amide bonds. The molecule has 108 valence electrons. The van der Waals surface area contributed by atoms with Crippen molar-refractivity contribution in [1.82, 2.24) is 5.32 Å². The minimum atomic E-state index is 0.350. The van der Waals surface area contributed by atoms with E-state index in [4.69, 9.17) is 9.47 Å². The maximum absolute atomic E-state index is 5.50. The van der Waals surface area contributed by atoms with Crippen molar-refractivity contribution in [1.29, 1.82) is 0 Å². The third-order valence-corrected chi connectivity index (χ3v) is 2.95. The number of ether oxygens (including phenoxy) is 2. The van der Waals surface area contributed by atoms with Crippen LogP contribution in [-0.2, 0) is 11.2 Å². The van der Waals surface area contributed by atoms with Gasteiger partial charge in [0.1, 0.15) is 5.75 Å². The van der Waals surface area contributed by atoms with Crippen molar-refractivity contribution < 1.29 is 9.47 Å². The smallest absolute Gasteiger partial charge is 0.118 e. The summed E-state index contributed by atoms with van der Waals surface area (Å²) in [6, 6.07) is 8.27. The first kappa shape index (κ1) is 16.0. The first-order chi connectivity index (χ1) is 9.22. The molecule has 0 spiro atoms. The predicted octanol–water partition coefficient (Wildman–Crippen LogP) is 3.03. The molecule has 0 radical (unpaired) electrons. The molecule has 1 aromatic rings. The summed E-state index contributed by atoms with van der Waals surface area (Å²) in [6.45, 7) is 7.12. The third kappa shape index (κ3) is 7.85. The molecule has 0 heterocycles. The van der Waals surface area contributed by atoms with E-state index >= 15 is 0 Å². The Balaban J connectivity index is 1.98. The molecule has 3 nitrogen and oxygen atoms in total. The van der Waals surface area contributed by atoms with Crippen LogP contribution < -0.4 is 10.1 Å². The van der Waals surface area contributed by atoms with Gasteiger partial charge >= 0.3 is 0 Å². The number of nitrogens with one attached hydrogen (secondary N) is 1. The van der Waals surface area contributed by atoms with E-state index in [0.29, 0.717) is 6.10 Å². The van der Waals surface area contributed by atoms with E-state index in [1.54, 1.807) is 7.11 Å². The van der Waals surface area contributed by atoms with Gasteiger partial charge < -0.3 is 14.8 Å². The summed E-state index contributed by atoms with van der Waals surface area (Å²) < 4.78 is 10.6.